The van der Waals surface area contributed by atoms with E-state index in [1.165, 1.54) is 30.4 Å². The highest BCUT2D eigenvalue weighted by Gasteiger charge is 2.32. The van der Waals surface area contributed by atoms with E-state index in [1.54, 1.807) is 0 Å². The lowest BCUT2D eigenvalue weighted by molar-refractivity contribution is 0.536. The number of halogens is 1. The van der Waals surface area contributed by atoms with Crippen LogP contribution >= 0.6 is 11.6 Å². The molecule has 0 aromatic heterocycles. The van der Waals surface area contributed by atoms with Crippen molar-refractivity contribution >= 4 is 11.6 Å². The average molecular weight is 251 g/mol. The summed E-state index contributed by atoms with van der Waals surface area (Å²) in [5.74, 6) is 2.02. The molecule has 0 saturated heterocycles. The minimum atomic E-state index is 0.369. The van der Waals surface area contributed by atoms with Crippen LogP contribution in [-0.2, 0) is 6.42 Å². The van der Waals surface area contributed by atoms with Gasteiger partial charge in [0.15, 0.2) is 0 Å². The summed E-state index contributed by atoms with van der Waals surface area (Å²) < 4.78 is 0. The summed E-state index contributed by atoms with van der Waals surface area (Å²) in [5, 5.41) is 0.369. The van der Waals surface area contributed by atoms with Crippen molar-refractivity contribution in [3.05, 3.63) is 35.4 Å². The maximum Gasteiger partial charge on any atom is 0.0367 e. The second-order valence-corrected chi connectivity index (χ2v) is 6.46. The van der Waals surface area contributed by atoms with E-state index < -0.39 is 0 Å². The topological polar surface area (TPSA) is 0 Å². The van der Waals surface area contributed by atoms with Gasteiger partial charge in [-0.2, -0.15) is 0 Å². The molecule has 1 aromatic rings. The zero-order valence-corrected chi connectivity index (χ0v) is 11.9. The Hall–Kier alpha value is -0.490. The van der Waals surface area contributed by atoms with E-state index in [1.807, 2.05) is 0 Å². The summed E-state index contributed by atoms with van der Waals surface area (Å²) in [6.45, 7) is 6.85. The van der Waals surface area contributed by atoms with Gasteiger partial charge >= 0.3 is 0 Å². The Morgan fingerprint density at radius 1 is 1.29 bits per heavy atom. The lowest BCUT2D eigenvalue weighted by Gasteiger charge is -2.18. The molecule has 17 heavy (non-hydrogen) atoms. The first-order chi connectivity index (χ1) is 8.08. The predicted octanol–water partition coefficient (Wildman–Crippen LogP) is 5.01. The molecule has 1 saturated carbocycles. The van der Waals surface area contributed by atoms with E-state index >= 15 is 0 Å². The fraction of sp³-hybridized carbons (Fsp3) is 0.625. The summed E-state index contributed by atoms with van der Waals surface area (Å²) in [7, 11) is 0. The van der Waals surface area contributed by atoms with Gasteiger partial charge in [0.05, 0.1) is 0 Å². The smallest absolute Gasteiger partial charge is 0.0367 e. The average Bonchev–Trinajstić information content (AvgIpc) is 2.59. The molecule has 3 atom stereocenters. The molecule has 3 unspecified atom stereocenters. The van der Waals surface area contributed by atoms with Crippen molar-refractivity contribution < 1.29 is 0 Å². The summed E-state index contributed by atoms with van der Waals surface area (Å²) in [5.41, 5.74) is 2.97. The van der Waals surface area contributed by atoms with Crippen LogP contribution in [0.2, 0.25) is 0 Å². The molecule has 0 aliphatic heterocycles. The van der Waals surface area contributed by atoms with Crippen molar-refractivity contribution in [1.29, 1.82) is 0 Å². The number of alkyl halides is 1. The van der Waals surface area contributed by atoms with Gasteiger partial charge in [-0.05, 0) is 48.1 Å². The monoisotopic (exact) mass is 250 g/mol. The third-order valence-corrected chi connectivity index (χ3v) is 4.60. The third-order valence-electron chi connectivity index (χ3n) is 3.98. The van der Waals surface area contributed by atoms with E-state index in [9.17, 15) is 0 Å². The van der Waals surface area contributed by atoms with Crippen LogP contribution in [0.1, 0.15) is 50.7 Å². The summed E-state index contributed by atoms with van der Waals surface area (Å²) in [6.07, 6.45) is 3.60. The molecule has 2 rings (SSSR count). The molecule has 1 aliphatic rings. The molecule has 1 aromatic carbocycles. The molecule has 1 aliphatic carbocycles. The van der Waals surface area contributed by atoms with Crippen molar-refractivity contribution in [1.82, 2.24) is 0 Å². The summed E-state index contributed by atoms with van der Waals surface area (Å²) >= 11 is 6.33. The van der Waals surface area contributed by atoms with Crippen LogP contribution in [0, 0.1) is 11.8 Å². The Morgan fingerprint density at radius 3 is 2.65 bits per heavy atom. The van der Waals surface area contributed by atoms with Crippen LogP contribution in [0.15, 0.2) is 24.3 Å². The van der Waals surface area contributed by atoms with E-state index in [0.29, 0.717) is 17.2 Å². The molecule has 94 valence electrons. The molecule has 0 amide bonds. The van der Waals surface area contributed by atoms with E-state index in [0.717, 1.165) is 5.92 Å². The van der Waals surface area contributed by atoms with Gasteiger partial charge < -0.3 is 0 Å². The lowest BCUT2D eigenvalue weighted by atomic mass is 9.88. The highest BCUT2D eigenvalue weighted by Crippen LogP contribution is 2.42. The number of hydrogen-bond donors (Lipinski definition) is 0. The van der Waals surface area contributed by atoms with Crippen molar-refractivity contribution in [2.24, 2.45) is 11.8 Å². The number of rotatable bonds is 3. The molecule has 1 heteroatoms. The van der Waals surface area contributed by atoms with Gasteiger partial charge in [0.2, 0.25) is 0 Å². The first-order valence-electron chi connectivity index (χ1n) is 6.81. The van der Waals surface area contributed by atoms with Gasteiger partial charge in [-0.3, -0.25) is 0 Å². The van der Waals surface area contributed by atoms with Gasteiger partial charge in [0.1, 0.15) is 0 Å². The zero-order valence-electron chi connectivity index (χ0n) is 11.1. The summed E-state index contributed by atoms with van der Waals surface area (Å²) in [4.78, 5) is 0. The Bertz CT molecular complexity index is 370. The van der Waals surface area contributed by atoms with Gasteiger partial charge in [-0.25, -0.2) is 0 Å². The highest BCUT2D eigenvalue weighted by molar-refractivity contribution is 6.21. The van der Waals surface area contributed by atoms with Gasteiger partial charge in [-0.1, -0.05) is 45.0 Å². The van der Waals surface area contributed by atoms with Crippen LogP contribution in [-0.4, -0.2) is 5.38 Å². The fourth-order valence-corrected chi connectivity index (χ4v) is 3.31. The third kappa shape index (κ3) is 3.04. The molecule has 0 N–H and O–H groups in total. The fourth-order valence-electron chi connectivity index (χ4n) is 3.01. The van der Waals surface area contributed by atoms with Crippen LogP contribution < -0.4 is 0 Å². The van der Waals surface area contributed by atoms with Crippen LogP contribution in [0.25, 0.3) is 0 Å². The summed E-state index contributed by atoms with van der Waals surface area (Å²) in [6, 6.07) is 9.14. The zero-order chi connectivity index (χ0) is 12.4. The molecule has 0 heterocycles. The van der Waals surface area contributed by atoms with Crippen molar-refractivity contribution in [2.45, 2.75) is 51.3 Å². The Balaban J connectivity index is 2.16. The van der Waals surface area contributed by atoms with Crippen molar-refractivity contribution in [2.75, 3.05) is 0 Å². The first kappa shape index (κ1) is 13.0. The first-order valence-corrected chi connectivity index (χ1v) is 7.24. The molecular formula is C16H23Cl. The quantitative estimate of drug-likeness (QED) is 0.662. The minimum absolute atomic E-state index is 0.369. The molecular weight excluding hydrogens is 228 g/mol. The van der Waals surface area contributed by atoms with E-state index in [2.05, 4.69) is 45.0 Å². The SMILES string of the molecule is CC(C)Cc1cccc(C2CCC(Cl)C2C)c1. The van der Waals surface area contributed by atoms with Crippen molar-refractivity contribution in [3.63, 3.8) is 0 Å². The number of hydrogen-bond acceptors (Lipinski definition) is 0. The second kappa shape index (κ2) is 5.44. The van der Waals surface area contributed by atoms with Crippen LogP contribution in [0.3, 0.4) is 0 Å². The van der Waals surface area contributed by atoms with E-state index in [-0.39, 0.29) is 0 Å². The molecule has 0 spiro atoms. The minimum Gasteiger partial charge on any atom is -0.123 e. The lowest BCUT2D eigenvalue weighted by Crippen LogP contribution is -2.09. The predicted molar refractivity (Wildman–Crippen MR) is 75.8 cm³/mol. The van der Waals surface area contributed by atoms with Gasteiger partial charge in [0.25, 0.3) is 0 Å². The van der Waals surface area contributed by atoms with Crippen LogP contribution in [0.4, 0.5) is 0 Å². The number of benzene rings is 1. The molecule has 0 radical (unpaired) electrons. The largest absolute Gasteiger partial charge is 0.123 e. The highest BCUT2D eigenvalue weighted by atomic mass is 35.5. The van der Waals surface area contributed by atoms with Gasteiger partial charge in [-0.15, -0.1) is 11.6 Å². The van der Waals surface area contributed by atoms with Crippen LogP contribution in [0.5, 0.6) is 0 Å². The molecule has 0 bridgehead atoms. The Morgan fingerprint density at radius 2 is 2.06 bits per heavy atom. The maximum atomic E-state index is 6.33. The second-order valence-electron chi connectivity index (χ2n) is 5.90. The standard InChI is InChI=1S/C16H23Cl/c1-11(2)9-13-5-4-6-14(10-13)15-7-8-16(17)12(15)3/h4-6,10-12,15-16H,7-9H2,1-3H3. The molecule has 1 fully saturated rings. The maximum absolute atomic E-state index is 6.33. The van der Waals surface area contributed by atoms with Crippen molar-refractivity contribution in [3.8, 4) is 0 Å². The van der Waals surface area contributed by atoms with Gasteiger partial charge in [0, 0.05) is 5.38 Å². The normalized spacial score (nSPS) is 28.9. The van der Waals surface area contributed by atoms with E-state index in [4.69, 9.17) is 11.6 Å². The Labute approximate surface area is 110 Å². The molecule has 0 nitrogen and oxygen atoms in total. The Kier molecular flexibility index (Phi) is 4.14.